The Labute approximate surface area is 152 Å². The zero-order chi connectivity index (χ0) is 19.3. The molecule has 0 spiro atoms. The van der Waals surface area contributed by atoms with Gasteiger partial charge in [-0.1, -0.05) is 11.6 Å². The van der Waals surface area contributed by atoms with Crippen molar-refractivity contribution < 1.29 is 22.4 Å². The first kappa shape index (κ1) is 18.6. The molecular formula is C16H18ClF3N4O2. The first-order chi connectivity index (χ1) is 12.0. The molecule has 10 heteroatoms. The molecule has 2 aromatic heterocycles. The van der Waals surface area contributed by atoms with Crippen molar-refractivity contribution in [3.05, 3.63) is 34.9 Å². The van der Waals surface area contributed by atoms with E-state index in [1.807, 2.05) is 0 Å². The number of rotatable bonds is 2. The zero-order valence-corrected chi connectivity index (χ0v) is 15.1. The second-order valence-electron chi connectivity index (χ2n) is 7.17. The minimum Gasteiger partial charge on any atom is -0.467 e. The van der Waals surface area contributed by atoms with E-state index in [-0.39, 0.29) is 23.0 Å². The lowest BCUT2D eigenvalue weighted by Gasteiger charge is -2.32. The fourth-order valence-corrected chi connectivity index (χ4v) is 3.08. The van der Waals surface area contributed by atoms with Crippen LogP contribution in [0.15, 0.2) is 22.8 Å². The summed E-state index contributed by atoms with van der Waals surface area (Å²) in [5.74, 6) is -0.342. The number of nitrogens with one attached hydrogen (secondary N) is 2. The van der Waals surface area contributed by atoms with Crippen LogP contribution in [0.3, 0.4) is 0 Å². The van der Waals surface area contributed by atoms with Crippen molar-refractivity contribution in [1.29, 1.82) is 0 Å². The molecule has 2 atom stereocenters. The molecule has 0 bridgehead atoms. The zero-order valence-electron chi connectivity index (χ0n) is 14.3. The summed E-state index contributed by atoms with van der Waals surface area (Å²) >= 11 is 6.20. The highest BCUT2D eigenvalue weighted by Crippen LogP contribution is 2.46. The van der Waals surface area contributed by atoms with Crippen molar-refractivity contribution in [1.82, 2.24) is 15.1 Å². The number of fused-ring (bicyclic) bond motifs is 1. The Morgan fingerprint density at radius 1 is 1.42 bits per heavy atom. The van der Waals surface area contributed by atoms with E-state index < -0.39 is 29.7 Å². The monoisotopic (exact) mass is 390 g/mol. The summed E-state index contributed by atoms with van der Waals surface area (Å²) < 4.78 is 46.7. The molecule has 0 unspecified atom stereocenters. The Balaban J connectivity index is 2.03. The Morgan fingerprint density at radius 2 is 2.12 bits per heavy atom. The van der Waals surface area contributed by atoms with E-state index in [9.17, 15) is 18.0 Å². The highest BCUT2D eigenvalue weighted by molar-refractivity contribution is 6.36. The van der Waals surface area contributed by atoms with Crippen LogP contribution in [0.5, 0.6) is 0 Å². The van der Waals surface area contributed by atoms with Crippen molar-refractivity contribution in [2.45, 2.75) is 51.0 Å². The normalized spacial score (nSPS) is 20.4. The predicted molar refractivity (Wildman–Crippen MR) is 89.2 cm³/mol. The van der Waals surface area contributed by atoms with Crippen molar-refractivity contribution in [3.8, 4) is 0 Å². The molecule has 0 aromatic carbocycles. The van der Waals surface area contributed by atoms with E-state index in [2.05, 4.69) is 15.7 Å². The molecule has 2 aromatic rings. The second kappa shape index (κ2) is 6.22. The number of alkyl halides is 3. The Kier molecular flexibility index (Phi) is 4.46. The van der Waals surface area contributed by atoms with Gasteiger partial charge in [-0.15, -0.1) is 0 Å². The lowest BCUT2D eigenvalue weighted by molar-refractivity contribution is -0.174. The second-order valence-corrected chi connectivity index (χ2v) is 7.54. The molecule has 0 saturated heterocycles. The largest absolute Gasteiger partial charge is 0.467 e. The van der Waals surface area contributed by atoms with Crippen molar-refractivity contribution in [2.24, 2.45) is 0 Å². The summed E-state index contributed by atoms with van der Waals surface area (Å²) in [6.45, 7) is 5.25. The van der Waals surface area contributed by atoms with Crippen LogP contribution in [0, 0.1) is 0 Å². The van der Waals surface area contributed by atoms with Gasteiger partial charge in [0, 0.05) is 12.0 Å². The van der Waals surface area contributed by atoms with Crippen LogP contribution in [0.1, 0.15) is 55.5 Å². The molecular weight excluding hydrogens is 373 g/mol. The molecule has 6 nitrogen and oxygen atoms in total. The summed E-state index contributed by atoms with van der Waals surface area (Å²) in [4.78, 5) is 12.4. The summed E-state index contributed by atoms with van der Waals surface area (Å²) in [5, 5.41) is 9.26. The van der Waals surface area contributed by atoms with Gasteiger partial charge in [-0.25, -0.2) is 4.68 Å². The number of furan rings is 1. The molecule has 1 aliphatic heterocycles. The predicted octanol–water partition coefficient (Wildman–Crippen LogP) is 4.32. The van der Waals surface area contributed by atoms with Gasteiger partial charge >= 0.3 is 6.18 Å². The highest BCUT2D eigenvalue weighted by atomic mass is 35.5. The van der Waals surface area contributed by atoms with Gasteiger partial charge in [0.1, 0.15) is 16.6 Å². The number of nitrogens with zero attached hydrogens (tertiary/aromatic N) is 2. The van der Waals surface area contributed by atoms with Crippen molar-refractivity contribution in [2.75, 3.05) is 5.32 Å². The fourth-order valence-electron chi connectivity index (χ4n) is 2.81. The summed E-state index contributed by atoms with van der Waals surface area (Å²) in [6, 6.07) is 0.507. The van der Waals surface area contributed by atoms with E-state index in [4.69, 9.17) is 16.0 Å². The number of carbonyl (C=O) groups excluding carboxylic acids is 1. The van der Waals surface area contributed by atoms with Gasteiger partial charge < -0.3 is 15.1 Å². The SMILES string of the molecule is CC(C)(C)NC(=O)c1nn2c(c1Cl)N[C@H](c1ccco1)C[C@H]2C(F)(F)F. The summed E-state index contributed by atoms with van der Waals surface area (Å²) in [5.41, 5.74) is -0.837. The summed E-state index contributed by atoms with van der Waals surface area (Å²) in [6.07, 6.45) is -3.51. The topological polar surface area (TPSA) is 72.1 Å². The van der Waals surface area contributed by atoms with Crippen LogP contribution in [0.4, 0.5) is 19.0 Å². The fraction of sp³-hybridized carbons (Fsp3) is 0.500. The van der Waals surface area contributed by atoms with Gasteiger partial charge in [-0.2, -0.15) is 18.3 Å². The lowest BCUT2D eigenvalue weighted by Crippen LogP contribution is -2.41. The highest BCUT2D eigenvalue weighted by Gasteiger charge is 2.48. The Hall–Kier alpha value is -2.16. The van der Waals surface area contributed by atoms with E-state index in [0.29, 0.717) is 5.76 Å². The number of amides is 1. The van der Waals surface area contributed by atoms with Gasteiger partial charge in [0.05, 0.1) is 12.3 Å². The number of aromatic nitrogens is 2. The summed E-state index contributed by atoms with van der Waals surface area (Å²) in [7, 11) is 0. The first-order valence-corrected chi connectivity index (χ1v) is 8.32. The Bertz CT molecular complexity index is 809. The van der Waals surface area contributed by atoms with Gasteiger partial charge in [0.2, 0.25) is 0 Å². The molecule has 2 N–H and O–H groups in total. The average Bonchev–Trinajstić information content (AvgIpc) is 3.12. The van der Waals surface area contributed by atoms with Gasteiger partial charge in [-0.3, -0.25) is 4.79 Å². The lowest BCUT2D eigenvalue weighted by atomic mass is 10.0. The number of carbonyl (C=O) groups is 1. The number of anilines is 1. The minimum atomic E-state index is -4.56. The quantitative estimate of drug-likeness (QED) is 0.801. The molecule has 1 amide bonds. The number of halogens is 4. The number of hydrogen-bond acceptors (Lipinski definition) is 4. The van der Waals surface area contributed by atoms with Crippen LogP contribution in [0.25, 0.3) is 0 Å². The molecule has 0 radical (unpaired) electrons. The maximum Gasteiger partial charge on any atom is 0.410 e. The molecule has 1 aliphatic rings. The van der Waals surface area contributed by atoms with Gasteiger partial charge in [-0.05, 0) is 32.9 Å². The molecule has 0 aliphatic carbocycles. The van der Waals surface area contributed by atoms with Gasteiger partial charge in [0.25, 0.3) is 5.91 Å². The Morgan fingerprint density at radius 3 is 2.65 bits per heavy atom. The van der Waals surface area contributed by atoms with Crippen LogP contribution < -0.4 is 10.6 Å². The van der Waals surface area contributed by atoms with E-state index >= 15 is 0 Å². The number of hydrogen-bond donors (Lipinski definition) is 2. The van der Waals surface area contributed by atoms with Crippen molar-refractivity contribution in [3.63, 3.8) is 0 Å². The van der Waals surface area contributed by atoms with Gasteiger partial charge in [0.15, 0.2) is 11.7 Å². The van der Waals surface area contributed by atoms with E-state index in [1.165, 1.54) is 6.26 Å². The molecule has 142 valence electrons. The van der Waals surface area contributed by atoms with Crippen LogP contribution >= 0.6 is 11.6 Å². The van der Waals surface area contributed by atoms with E-state index in [0.717, 1.165) is 4.68 Å². The minimum absolute atomic E-state index is 0.0549. The average molecular weight is 391 g/mol. The third kappa shape index (κ3) is 3.53. The van der Waals surface area contributed by atoms with E-state index in [1.54, 1.807) is 32.9 Å². The first-order valence-electron chi connectivity index (χ1n) is 7.94. The van der Waals surface area contributed by atoms with Crippen molar-refractivity contribution >= 4 is 23.3 Å². The molecule has 0 fully saturated rings. The van der Waals surface area contributed by atoms with Crippen LogP contribution in [-0.2, 0) is 0 Å². The standard InChI is InChI=1S/C16H18ClF3N4O2/c1-15(2,3)22-14(25)12-11(17)13-21-8(9-5-4-6-26-9)7-10(16(18,19)20)24(13)23-12/h4-6,8,10,21H,7H2,1-3H3,(H,22,25)/t8-,10-/m0/s1. The molecule has 0 saturated carbocycles. The van der Waals surface area contributed by atoms with Crippen LogP contribution in [-0.4, -0.2) is 27.4 Å². The third-order valence-corrected chi connectivity index (χ3v) is 4.24. The smallest absolute Gasteiger partial charge is 0.410 e. The maximum atomic E-state index is 13.6. The maximum absolute atomic E-state index is 13.6. The molecule has 3 rings (SSSR count). The molecule has 3 heterocycles. The van der Waals surface area contributed by atoms with Crippen LogP contribution in [0.2, 0.25) is 5.02 Å². The third-order valence-electron chi connectivity index (χ3n) is 3.89. The molecule has 26 heavy (non-hydrogen) atoms.